The molecule has 0 saturated heterocycles. The van der Waals surface area contributed by atoms with Crippen molar-refractivity contribution in [2.45, 2.75) is 18.2 Å². The quantitative estimate of drug-likeness (QED) is 0.782. The molecule has 0 aliphatic carbocycles. The minimum atomic E-state index is -1.06. The van der Waals surface area contributed by atoms with Crippen LogP contribution in [-0.2, 0) is 17.4 Å². The Morgan fingerprint density at radius 2 is 2.33 bits per heavy atom. The van der Waals surface area contributed by atoms with Crippen molar-refractivity contribution in [3.05, 3.63) is 23.8 Å². The highest BCUT2D eigenvalue weighted by molar-refractivity contribution is 7.82. The standard InChI is InChI=1S/C11H15NO2S/c1-3-12(2)15(13)11-6-4-5-10-9(11)7-8-14-10/h4-6H,3,7-8H2,1-2H3. The molecule has 0 saturated carbocycles. The number of fused-ring (bicyclic) bond motifs is 1. The SMILES string of the molecule is CCN(C)S(=O)c1cccc2c1CCO2. The lowest BCUT2D eigenvalue weighted by Gasteiger charge is -2.14. The molecule has 1 aromatic carbocycles. The Kier molecular flexibility index (Phi) is 3.07. The lowest BCUT2D eigenvalue weighted by atomic mass is 10.2. The minimum Gasteiger partial charge on any atom is -0.493 e. The topological polar surface area (TPSA) is 29.5 Å². The molecule has 1 heterocycles. The molecule has 2 rings (SSSR count). The Bertz CT molecular complexity index is 392. The van der Waals surface area contributed by atoms with E-state index < -0.39 is 11.0 Å². The van der Waals surface area contributed by atoms with Crippen LogP contribution < -0.4 is 4.74 Å². The van der Waals surface area contributed by atoms with E-state index >= 15 is 0 Å². The number of rotatable bonds is 3. The molecule has 0 amide bonds. The fourth-order valence-corrected chi connectivity index (χ4v) is 2.82. The first-order valence-corrected chi connectivity index (χ1v) is 6.22. The predicted molar refractivity (Wildman–Crippen MR) is 60.4 cm³/mol. The van der Waals surface area contributed by atoms with E-state index in [1.807, 2.05) is 36.5 Å². The van der Waals surface area contributed by atoms with Crippen molar-refractivity contribution in [2.75, 3.05) is 20.2 Å². The number of hydrogen-bond donors (Lipinski definition) is 0. The van der Waals surface area contributed by atoms with E-state index in [1.165, 1.54) is 0 Å². The summed E-state index contributed by atoms with van der Waals surface area (Å²) in [5, 5.41) is 0. The van der Waals surface area contributed by atoms with Crippen molar-refractivity contribution in [1.29, 1.82) is 0 Å². The van der Waals surface area contributed by atoms with Gasteiger partial charge in [-0.1, -0.05) is 13.0 Å². The molecular formula is C11H15NO2S. The molecule has 1 aromatic rings. The molecule has 15 heavy (non-hydrogen) atoms. The Morgan fingerprint density at radius 1 is 1.53 bits per heavy atom. The van der Waals surface area contributed by atoms with Gasteiger partial charge < -0.3 is 4.74 Å². The summed E-state index contributed by atoms with van der Waals surface area (Å²) in [6, 6.07) is 5.77. The van der Waals surface area contributed by atoms with Crippen LogP contribution in [0.15, 0.2) is 23.1 Å². The van der Waals surface area contributed by atoms with Crippen LogP contribution in [0, 0.1) is 0 Å². The highest BCUT2D eigenvalue weighted by Gasteiger charge is 2.20. The minimum absolute atomic E-state index is 0.708. The molecule has 0 radical (unpaired) electrons. The summed E-state index contributed by atoms with van der Waals surface area (Å²) in [5.74, 6) is 0.894. The van der Waals surface area contributed by atoms with Gasteiger partial charge in [-0.05, 0) is 12.1 Å². The molecular weight excluding hydrogens is 210 g/mol. The van der Waals surface area contributed by atoms with E-state index in [4.69, 9.17) is 4.74 Å². The molecule has 0 N–H and O–H groups in total. The maximum absolute atomic E-state index is 12.1. The van der Waals surface area contributed by atoms with Crippen molar-refractivity contribution in [3.8, 4) is 5.75 Å². The van der Waals surface area contributed by atoms with E-state index in [1.54, 1.807) is 0 Å². The fraction of sp³-hybridized carbons (Fsp3) is 0.455. The summed E-state index contributed by atoms with van der Waals surface area (Å²) < 4.78 is 19.4. The van der Waals surface area contributed by atoms with E-state index in [-0.39, 0.29) is 0 Å². The number of hydrogen-bond acceptors (Lipinski definition) is 2. The lowest BCUT2D eigenvalue weighted by molar-refractivity contribution is 0.357. The van der Waals surface area contributed by atoms with Crippen LogP contribution in [0.3, 0.4) is 0 Å². The van der Waals surface area contributed by atoms with Crippen LogP contribution in [-0.4, -0.2) is 28.7 Å². The van der Waals surface area contributed by atoms with Gasteiger partial charge >= 0.3 is 0 Å². The number of ether oxygens (including phenoxy) is 1. The van der Waals surface area contributed by atoms with E-state index in [2.05, 4.69) is 0 Å². The summed E-state index contributed by atoms with van der Waals surface area (Å²) in [6.07, 6.45) is 0.870. The summed E-state index contributed by atoms with van der Waals surface area (Å²) >= 11 is 0. The first-order chi connectivity index (χ1) is 7.24. The Balaban J connectivity index is 2.37. The van der Waals surface area contributed by atoms with Gasteiger partial charge in [-0.15, -0.1) is 0 Å². The molecule has 3 nitrogen and oxygen atoms in total. The third-order valence-electron chi connectivity index (χ3n) is 2.62. The highest BCUT2D eigenvalue weighted by atomic mass is 32.2. The normalized spacial score (nSPS) is 16.2. The monoisotopic (exact) mass is 225 g/mol. The Morgan fingerprint density at radius 3 is 3.07 bits per heavy atom. The molecule has 1 aliphatic heterocycles. The van der Waals surface area contributed by atoms with Crippen LogP contribution in [0.25, 0.3) is 0 Å². The van der Waals surface area contributed by atoms with Crippen LogP contribution >= 0.6 is 0 Å². The molecule has 0 fully saturated rings. The van der Waals surface area contributed by atoms with E-state index in [9.17, 15) is 4.21 Å². The highest BCUT2D eigenvalue weighted by Crippen LogP contribution is 2.30. The van der Waals surface area contributed by atoms with Gasteiger partial charge in [0.1, 0.15) is 16.7 Å². The summed E-state index contributed by atoms with van der Waals surface area (Å²) in [6.45, 7) is 3.48. The number of benzene rings is 1. The largest absolute Gasteiger partial charge is 0.493 e. The maximum Gasteiger partial charge on any atom is 0.127 e. The smallest absolute Gasteiger partial charge is 0.127 e. The summed E-state index contributed by atoms with van der Waals surface area (Å²) in [5.41, 5.74) is 1.11. The third-order valence-corrected chi connectivity index (χ3v) is 4.20. The Labute approximate surface area is 92.6 Å². The van der Waals surface area contributed by atoms with Crippen molar-refractivity contribution in [3.63, 3.8) is 0 Å². The second-order valence-electron chi connectivity index (χ2n) is 3.52. The van der Waals surface area contributed by atoms with Crippen molar-refractivity contribution in [2.24, 2.45) is 0 Å². The molecule has 1 unspecified atom stereocenters. The van der Waals surface area contributed by atoms with Crippen LogP contribution in [0.2, 0.25) is 0 Å². The first-order valence-electron chi connectivity index (χ1n) is 5.11. The second-order valence-corrected chi connectivity index (χ2v) is 5.09. The predicted octanol–water partition coefficient (Wildman–Crippen LogP) is 1.60. The maximum atomic E-state index is 12.1. The number of nitrogens with zero attached hydrogens (tertiary/aromatic N) is 1. The van der Waals surface area contributed by atoms with Gasteiger partial charge in [-0.25, -0.2) is 8.51 Å². The van der Waals surface area contributed by atoms with Gasteiger partial charge in [-0.3, -0.25) is 0 Å². The first kappa shape index (κ1) is 10.6. The van der Waals surface area contributed by atoms with Crippen molar-refractivity contribution >= 4 is 11.0 Å². The molecule has 0 bridgehead atoms. The van der Waals surface area contributed by atoms with Gasteiger partial charge in [0.05, 0.1) is 11.5 Å². The van der Waals surface area contributed by atoms with Crippen LogP contribution in [0.1, 0.15) is 12.5 Å². The van der Waals surface area contributed by atoms with Crippen LogP contribution in [0.4, 0.5) is 0 Å². The zero-order valence-corrected chi connectivity index (χ0v) is 9.84. The van der Waals surface area contributed by atoms with Crippen LogP contribution in [0.5, 0.6) is 5.75 Å². The van der Waals surface area contributed by atoms with Gasteiger partial charge in [0.15, 0.2) is 0 Å². The van der Waals surface area contributed by atoms with Crippen molar-refractivity contribution in [1.82, 2.24) is 4.31 Å². The van der Waals surface area contributed by atoms with E-state index in [0.717, 1.165) is 29.2 Å². The molecule has 1 atom stereocenters. The van der Waals surface area contributed by atoms with Gasteiger partial charge in [0.2, 0.25) is 0 Å². The zero-order valence-electron chi connectivity index (χ0n) is 9.03. The van der Waals surface area contributed by atoms with Crippen molar-refractivity contribution < 1.29 is 8.95 Å². The summed E-state index contributed by atoms with van der Waals surface area (Å²) in [4.78, 5) is 0.898. The second kappa shape index (κ2) is 4.33. The molecule has 1 aliphatic rings. The fourth-order valence-electron chi connectivity index (χ4n) is 1.64. The average molecular weight is 225 g/mol. The molecule has 82 valence electrons. The van der Waals surface area contributed by atoms with Gasteiger partial charge in [0, 0.05) is 25.6 Å². The van der Waals surface area contributed by atoms with Gasteiger partial charge in [-0.2, -0.15) is 0 Å². The molecule has 0 aromatic heterocycles. The average Bonchev–Trinajstić information content (AvgIpc) is 2.74. The lowest BCUT2D eigenvalue weighted by Crippen LogP contribution is -2.21. The molecule has 4 heteroatoms. The Hall–Kier alpha value is -0.870. The third kappa shape index (κ3) is 1.92. The van der Waals surface area contributed by atoms with E-state index in [0.29, 0.717) is 6.61 Å². The summed E-state index contributed by atoms with van der Waals surface area (Å²) in [7, 11) is 0.810. The molecule has 0 spiro atoms. The zero-order chi connectivity index (χ0) is 10.8. The van der Waals surface area contributed by atoms with Gasteiger partial charge in [0.25, 0.3) is 0 Å².